The molecule has 20 heavy (non-hydrogen) atoms. The van der Waals surface area contributed by atoms with Crippen molar-refractivity contribution < 1.29 is 17.9 Å². The van der Waals surface area contributed by atoms with E-state index in [1.807, 2.05) is 0 Å². The number of carbonyl (C=O) groups excluding carboxylic acids is 1. The molecule has 2 saturated heterocycles. The Morgan fingerprint density at radius 3 is 2.95 bits per heavy atom. The molecule has 0 aromatic rings. The Kier molecular flexibility index (Phi) is 5.36. The maximum atomic E-state index is 12.3. The van der Waals surface area contributed by atoms with E-state index in [-0.39, 0.29) is 11.8 Å². The predicted molar refractivity (Wildman–Crippen MR) is 74.8 cm³/mol. The van der Waals surface area contributed by atoms with Crippen LogP contribution < -0.4 is 10.0 Å². The molecule has 0 aromatic heterocycles. The van der Waals surface area contributed by atoms with Gasteiger partial charge in [-0.25, -0.2) is 13.1 Å². The van der Waals surface area contributed by atoms with Crippen LogP contribution in [0, 0.1) is 5.92 Å². The predicted octanol–water partition coefficient (Wildman–Crippen LogP) is -1.24. The summed E-state index contributed by atoms with van der Waals surface area (Å²) in [6.45, 7) is 3.62. The number of hydrogen-bond acceptors (Lipinski definition) is 5. The number of sulfonamides is 1. The second-order valence-corrected chi connectivity index (χ2v) is 7.31. The second kappa shape index (κ2) is 6.84. The van der Waals surface area contributed by atoms with Gasteiger partial charge in [0.25, 0.3) is 5.91 Å². The summed E-state index contributed by atoms with van der Waals surface area (Å²) >= 11 is 0. The minimum Gasteiger partial charge on any atom is -0.366 e. The van der Waals surface area contributed by atoms with Crippen molar-refractivity contribution in [1.29, 1.82) is 0 Å². The van der Waals surface area contributed by atoms with Crippen molar-refractivity contribution in [2.75, 3.05) is 45.6 Å². The van der Waals surface area contributed by atoms with Gasteiger partial charge >= 0.3 is 0 Å². The van der Waals surface area contributed by atoms with E-state index in [0.717, 1.165) is 32.2 Å². The van der Waals surface area contributed by atoms with Crippen molar-refractivity contribution in [2.45, 2.75) is 18.9 Å². The fourth-order valence-corrected chi connectivity index (χ4v) is 3.17. The normalized spacial score (nSPS) is 28.4. The van der Waals surface area contributed by atoms with E-state index in [1.54, 1.807) is 4.90 Å². The summed E-state index contributed by atoms with van der Waals surface area (Å²) in [5, 5.41) is 3.15. The molecule has 116 valence electrons. The zero-order chi connectivity index (χ0) is 14.6. The van der Waals surface area contributed by atoms with Crippen LogP contribution in [0.1, 0.15) is 12.8 Å². The molecule has 2 rings (SSSR count). The van der Waals surface area contributed by atoms with Gasteiger partial charge in [0.1, 0.15) is 6.10 Å². The molecule has 0 radical (unpaired) electrons. The van der Waals surface area contributed by atoms with E-state index in [2.05, 4.69) is 10.0 Å². The standard InChI is InChI=1S/C12H23N3O4S/c1-20(17,18)14-7-10-3-2-5-15(9-10)12(16)11-8-13-4-6-19-11/h10-11,13-14H,2-9H2,1H3. The number of amides is 1. The zero-order valence-electron chi connectivity index (χ0n) is 11.8. The van der Waals surface area contributed by atoms with Crippen molar-refractivity contribution >= 4 is 15.9 Å². The summed E-state index contributed by atoms with van der Waals surface area (Å²) in [5.74, 6) is 0.195. The molecule has 2 fully saturated rings. The van der Waals surface area contributed by atoms with Crippen LogP contribution >= 0.6 is 0 Å². The number of nitrogens with one attached hydrogen (secondary N) is 2. The Hall–Kier alpha value is -0.700. The Morgan fingerprint density at radius 1 is 1.50 bits per heavy atom. The molecule has 0 spiro atoms. The molecule has 2 aliphatic heterocycles. The van der Waals surface area contributed by atoms with E-state index in [9.17, 15) is 13.2 Å². The van der Waals surface area contributed by atoms with Crippen LogP contribution in [0.25, 0.3) is 0 Å². The number of likely N-dealkylation sites (tertiary alicyclic amines) is 1. The third-order valence-corrected chi connectivity index (χ3v) is 4.36. The number of rotatable bonds is 4. The summed E-state index contributed by atoms with van der Waals surface area (Å²) in [6.07, 6.45) is 2.60. The highest BCUT2D eigenvalue weighted by Gasteiger charge is 2.30. The monoisotopic (exact) mass is 305 g/mol. The molecule has 0 aliphatic carbocycles. The summed E-state index contributed by atoms with van der Waals surface area (Å²) in [4.78, 5) is 14.1. The van der Waals surface area contributed by atoms with Gasteiger partial charge < -0.3 is 15.0 Å². The van der Waals surface area contributed by atoms with Gasteiger partial charge in [-0.15, -0.1) is 0 Å². The Bertz CT molecular complexity index is 434. The maximum absolute atomic E-state index is 12.3. The molecular weight excluding hydrogens is 282 g/mol. The van der Waals surface area contributed by atoms with Gasteiger partial charge in [0, 0.05) is 32.7 Å². The highest BCUT2D eigenvalue weighted by molar-refractivity contribution is 7.88. The molecule has 2 N–H and O–H groups in total. The Labute approximate surface area is 120 Å². The van der Waals surface area contributed by atoms with Crippen LogP contribution in [0.2, 0.25) is 0 Å². The first kappa shape index (κ1) is 15.7. The van der Waals surface area contributed by atoms with Gasteiger partial charge in [-0.2, -0.15) is 0 Å². The molecule has 0 aromatic carbocycles. The molecule has 2 aliphatic rings. The van der Waals surface area contributed by atoms with Gasteiger partial charge in [-0.1, -0.05) is 0 Å². The number of nitrogens with zero attached hydrogens (tertiary/aromatic N) is 1. The molecule has 8 heteroatoms. The molecule has 2 heterocycles. The van der Waals surface area contributed by atoms with E-state index < -0.39 is 16.1 Å². The summed E-state index contributed by atoms with van der Waals surface area (Å²) in [7, 11) is -3.17. The third kappa shape index (κ3) is 4.69. The lowest BCUT2D eigenvalue weighted by Crippen LogP contribution is -2.52. The average Bonchev–Trinajstić information content (AvgIpc) is 2.45. The van der Waals surface area contributed by atoms with Gasteiger partial charge in [0.15, 0.2) is 0 Å². The molecule has 2 unspecified atom stereocenters. The molecule has 2 atom stereocenters. The number of hydrogen-bond donors (Lipinski definition) is 2. The lowest BCUT2D eigenvalue weighted by molar-refractivity contribution is -0.147. The van der Waals surface area contributed by atoms with Gasteiger partial charge in [0.05, 0.1) is 12.9 Å². The van der Waals surface area contributed by atoms with Crippen LogP contribution in [0.4, 0.5) is 0 Å². The van der Waals surface area contributed by atoms with Crippen LogP contribution in [-0.4, -0.2) is 70.9 Å². The van der Waals surface area contributed by atoms with Crippen molar-refractivity contribution in [1.82, 2.24) is 14.9 Å². The van der Waals surface area contributed by atoms with Gasteiger partial charge in [0.2, 0.25) is 10.0 Å². The first-order valence-corrected chi connectivity index (χ1v) is 8.90. The first-order chi connectivity index (χ1) is 9.46. The Morgan fingerprint density at radius 2 is 2.30 bits per heavy atom. The number of ether oxygens (including phenoxy) is 1. The van der Waals surface area contributed by atoms with Gasteiger partial charge in [-0.3, -0.25) is 4.79 Å². The quantitative estimate of drug-likeness (QED) is 0.678. The van der Waals surface area contributed by atoms with Crippen LogP contribution in [0.3, 0.4) is 0 Å². The SMILES string of the molecule is CS(=O)(=O)NCC1CCCN(C(=O)C2CNCCO2)C1. The van der Waals surface area contributed by atoms with Crippen molar-refractivity contribution in [3.05, 3.63) is 0 Å². The lowest BCUT2D eigenvalue weighted by Gasteiger charge is -2.35. The highest BCUT2D eigenvalue weighted by atomic mass is 32.2. The fraction of sp³-hybridized carbons (Fsp3) is 0.917. The largest absolute Gasteiger partial charge is 0.366 e. The Balaban J connectivity index is 1.84. The number of piperidine rings is 1. The topological polar surface area (TPSA) is 87.7 Å². The zero-order valence-corrected chi connectivity index (χ0v) is 12.6. The summed E-state index contributed by atoms with van der Waals surface area (Å²) in [5.41, 5.74) is 0. The number of carbonyl (C=O) groups is 1. The fourth-order valence-electron chi connectivity index (χ4n) is 2.63. The molecule has 0 saturated carbocycles. The second-order valence-electron chi connectivity index (χ2n) is 5.48. The van der Waals surface area contributed by atoms with Crippen LogP contribution in [0.15, 0.2) is 0 Å². The van der Waals surface area contributed by atoms with E-state index in [0.29, 0.717) is 26.2 Å². The molecule has 7 nitrogen and oxygen atoms in total. The van der Waals surface area contributed by atoms with Crippen molar-refractivity contribution in [3.63, 3.8) is 0 Å². The van der Waals surface area contributed by atoms with Gasteiger partial charge in [-0.05, 0) is 18.8 Å². The first-order valence-electron chi connectivity index (χ1n) is 7.01. The van der Waals surface area contributed by atoms with Crippen molar-refractivity contribution in [2.24, 2.45) is 5.92 Å². The van der Waals surface area contributed by atoms with Crippen molar-refractivity contribution in [3.8, 4) is 0 Å². The molecule has 1 amide bonds. The minimum atomic E-state index is -3.17. The molecule has 0 bridgehead atoms. The average molecular weight is 305 g/mol. The van der Waals surface area contributed by atoms with E-state index >= 15 is 0 Å². The minimum absolute atomic E-state index is 0.0151. The summed E-state index contributed by atoms with van der Waals surface area (Å²) in [6, 6.07) is 0. The summed E-state index contributed by atoms with van der Waals surface area (Å²) < 4.78 is 30.2. The smallest absolute Gasteiger partial charge is 0.253 e. The highest BCUT2D eigenvalue weighted by Crippen LogP contribution is 2.17. The van der Waals surface area contributed by atoms with E-state index in [4.69, 9.17) is 4.74 Å². The number of morpholine rings is 1. The van der Waals surface area contributed by atoms with Crippen LogP contribution in [0.5, 0.6) is 0 Å². The van der Waals surface area contributed by atoms with E-state index in [1.165, 1.54) is 0 Å². The maximum Gasteiger partial charge on any atom is 0.253 e. The van der Waals surface area contributed by atoms with Crippen LogP contribution in [-0.2, 0) is 19.6 Å². The lowest BCUT2D eigenvalue weighted by atomic mass is 9.98. The third-order valence-electron chi connectivity index (χ3n) is 3.67. The molecular formula is C12H23N3O4S.